The molecule has 3 aromatic rings. The summed E-state index contributed by atoms with van der Waals surface area (Å²) in [5.41, 5.74) is -0.811. The monoisotopic (exact) mass is 522 g/mol. The number of aromatic nitrogens is 3. The maximum Gasteiger partial charge on any atom is 0.413 e. The van der Waals surface area contributed by atoms with Crippen molar-refractivity contribution in [1.29, 1.82) is 0 Å². The molecule has 0 aliphatic heterocycles. The summed E-state index contributed by atoms with van der Waals surface area (Å²) in [5.74, 6) is -0.981. The standard InChI is InChI=1S/C22H18BrF3N4O3/c1-33-18-8-16(26)13(7-14(18)23)17-4-5-19(29-28-17)30(21(31)32)11-22(9-12(24)10-22)20-15(25)3-2-6-27-20/h2-8,12H,9-11H2,1H3,(H,31,32)/t12-,22+. The number of alkyl halides is 1. The number of anilines is 1. The fraction of sp³-hybridized carbons (Fsp3) is 0.273. The minimum absolute atomic E-state index is 0.0138. The van der Waals surface area contributed by atoms with Crippen LogP contribution in [0.3, 0.4) is 0 Å². The highest BCUT2D eigenvalue weighted by atomic mass is 79.9. The van der Waals surface area contributed by atoms with Gasteiger partial charge in [0.2, 0.25) is 0 Å². The third kappa shape index (κ3) is 4.37. The van der Waals surface area contributed by atoms with Gasteiger partial charge in [-0.3, -0.25) is 9.88 Å². The molecule has 1 N–H and O–H groups in total. The van der Waals surface area contributed by atoms with Crippen LogP contribution < -0.4 is 9.64 Å². The van der Waals surface area contributed by atoms with Crippen molar-refractivity contribution in [2.75, 3.05) is 18.6 Å². The van der Waals surface area contributed by atoms with E-state index in [-0.39, 0.29) is 42.2 Å². The van der Waals surface area contributed by atoms with Gasteiger partial charge in [-0.2, -0.15) is 0 Å². The molecule has 11 heteroatoms. The van der Waals surface area contributed by atoms with E-state index in [0.29, 0.717) is 10.2 Å². The molecular weight excluding hydrogens is 505 g/mol. The van der Waals surface area contributed by atoms with Crippen molar-refractivity contribution in [2.24, 2.45) is 0 Å². The van der Waals surface area contributed by atoms with Crippen LogP contribution in [0.5, 0.6) is 5.75 Å². The molecule has 1 fully saturated rings. The van der Waals surface area contributed by atoms with Gasteiger partial charge in [-0.15, -0.1) is 10.2 Å². The number of methoxy groups -OCH3 is 1. The summed E-state index contributed by atoms with van der Waals surface area (Å²) in [4.78, 5) is 16.9. The summed E-state index contributed by atoms with van der Waals surface area (Å²) in [6.45, 7) is -0.257. The Balaban J connectivity index is 1.65. The third-order valence-corrected chi connectivity index (χ3v) is 6.24. The molecule has 1 aliphatic rings. The molecule has 172 valence electrons. The molecule has 7 nitrogen and oxygen atoms in total. The predicted molar refractivity (Wildman–Crippen MR) is 117 cm³/mol. The SMILES string of the molecule is COc1cc(F)c(-c2ccc(N(C[C@]3(c4ncccc4F)C[C@@H](F)C3)C(=O)O)nn2)cc1Br. The first kappa shape index (κ1) is 23.0. The lowest BCUT2D eigenvalue weighted by Crippen LogP contribution is -2.53. The Bertz CT molecular complexity index is 1190. The van der Waals surface area contributed by atoms with Gasteiger partial charge in [0.05, 0.1) is 23.0 Å². The maximum atomic E-state index is 14.5. The molecule has 4 rings (SSSR count). The van der Waals surface area contributed by atoms with Crippen molar-refractivity contribution in [3.8, 4) is 17.0 Å². The molecule has 0 atom stereocenters. The highest BCUT2D eigenvalue weighted by molar-refractivity contribution is 9.10. The van der Waals surface area contributed by atoms with E-state index >= 15 is 0 Å². The Hall–Kier alpha value is -3.21. The van der Waals surface area contributed by atoms with E-state index in [2.05, 4.69) is 31.1 Å². The molecule has 0 bridgehead atoms. The molecule has 0 spiro atoms. The lowest BCUT2D eigenvalue weighted by molar-refractivity contribution is 0.0901. The Morgan fingerprint density at radius 1 is 1.24 bits per heavy atom. The fourth-order valence-corrected chi connectivity index (χ4v) is 4.51. The average Bonchev–Trinajstić information content (AvgIpc) is 2.77. The van der Waals surface area contributed by atoms with Crippen LogP contribution in [-0.4, -0.2) is 46.2 Å². The number of nitrogens with zero attached hydrogens (tertiary/aromatic N) is 4. The van der Waals surface area contributed by atoms with Crippen molar-refractivity contribution < 1.29 is 27.8 Å². The molecule has 33 heavy (non-hydrogen) atoms. The summed E-state index contributed by atoms with van der Waals surface area (Å²) < 4.78 is 48.3. The van der Waals surface area contributed by atoms with E-state index in [4.69, 9.17) is 4.74 Å². The van der Waals surface area contributed by atoms with E-state index in [1.165, 1.54) is 49.7 Å². The van der Waals surface area contributed by atoms with E-state index in [0.717, 1.165) is 4.90 Å². The van der Waals surface area contributed by atoms with Crippen LogP contribution in [0.25, 0.3) is 11.3 Å². The molecule has 2 aromatic heterocycles. The van der Waals surface area contributed by atoms with Gasteiger partial charge < -0.3 is 9.84 Å². The Morgan fingerprint density at radius 3 is 2.58 bits per heavy atom. The van der Waals surface area contributed by atoms with Crippen molar-refractivity contribution in [1.82, 2.24) is 15.2 Å². The minimum atomic E-state index is -1.37. The summed E-state index contributed by atoms with van der Waals surface area (Å²) in [5, 5.41) is 17.7. The van der Waals surface area contributed by atoms with Gasteiger partial charge in [0.1, 0.15) is 23.6 Å². The second-order valence-corrected chi connectivity index (χ2v) is 8.59. The molecule has 1 saturated carbocycles. The van der Waals surface area contributed by atoms with Gasteiger partial charge in [0.15, 0.2) is 5.82 Å². The highest BCUT2D eigenvalue weighted by Gasteiger charge is 2.50. The number of amides is 1. The van der Waals surface area contributed by atoms with Crippen molar-refractivity contribution in [2.45, 2.75) is 24.4 Å². The number of ether oxygens (including phenoxy) is 1. The molecule has 0 unspecified atom stereocenters. The van der Waals surface area contributed by atoms with Crippen LogP contribution in [0.4, 0.5) is 23.8 Å². The van der Waals surface area contributed by atoms with E-state index in [1.54, 1.807) is 0 Å². The van der Waals surface area contributed by atoms with Crippen molar-refractivity contribution in [3.63, 3.8) is 0 Å². The smallest absolute Gasteiger partial charge is 0.413 e. The first-order valence-electron chi connectivity index (χ1n) is 9.87. The molecule has 2 heterocycles. The molecule has 1 aromatic carbocycles. The molecule has 1 amide bonds. The molecule has 0 saturated heterocycles. The fourth-order valence-electron chi connectivity index (χ4n) is 4.00. The maximum absolute atomic E-state index is 14.5. The topological polar surface area (TPSA) is 88.4 Å². The van der Waals surface area contributed by atoms with Crippen molar-refractivity contribution in [3.05, 3.63) is 64.4 Å². The number of hydrogen-bond donors (Lipinski definition) is 1. The van der Waals surface area contributed by atoms with Crippen LogP contribution in [0, 0.1) is 11.6 Å². The predicted octanol–water partition coefficient (Wildman–Crippen LogP) is 5.14. The zero-order chi connectivity index (χ0) is 23.8. The second kappa shape index (κ2) is 8.97. The van der Waals surface area contributed by atoms with Crippen LogP contribution in [0.2, 0.25) is 0 Å². The van der Waals surface area contributed by atoms with Gasteiger partial charge in [-0.25, -0.2) is 18.0 Å². The second-order valence-electron chi connectivity index (χ2n) is 7.73. The summed E-state index contributed by atoms with van der Waals surface area (Å²) in [6, 6.07) is 8.06. The van der Waals surface area contributed by atoms with Gasteiger partial charge in [-0.1, -0.05) is 0 Å². The number of pyridine rings is 1. The van der Waals surface area contributed by atoms with E-state index in [1.807, 2.05) is 0 Å². The third-order valence-electron chi connectivity index (χ3n) is 5.62. The largest absolute Gasteiger partial charge is 0.495 e. The first-order valence-corrected chi connectivity index (χ1v) is 10.7. The highest BCUT2D eigenvalue weighted by Crippen LogP contribution is 2.46. The number of carbonyl (C=O) groups is 1. The van der Waals surface area contributed by atoms with Crippen LogP contribution >= 0.6 is 15.9 Å². The number of rotatable bonds is 6. The normalized spacial score (nSPS) is 19.6. The zero-order valence-electron chi connectivity index (χ0n) is 17.3. The Kier molecular flexibility index (Phi) is 6.24. The molecule has 1 aliphatic carbocycles. The molecular formula is C22H18BrF3N4O3. The van der Waals surface area contributed by atoms with Gasteiger partial charge in [0, 0.05) is 29.8 Å². The van der Waals surface area contributed by atoms with Crippen molar-refractivity contribution >= 4 is 27.8 Å². The lowest BCUT2D eigenvalue weighted by Gasteiger charge is -2.45. The number of benzene rings is 1. The van der Waals surface area contributed by atoms with Gasteiger partial charge in [0.25, 0.3) is 0 Å². The number of halogens is 4. The van der Waals surface area contributed by atoms with E-state index in [9.17, 15) is 23.1 Å². The average molecular weight is 523 g/mol. The number of hydrogen-bond acceptors (Lipinski definition) is 5. The zero-order valence-corrected chi connectivity index (χ0v) is 18.9. The lowest BCUT2D eigenvalue weighted by atomic mass is 9.64. The summed E-state index contributed by atoms with van der Waals surface area (Å²) >= 11 is 3.28. The number of carboxylic acid groups (broad SMARTS) is 1. The van der Waals surface area contributed by atoms with Crippen LogP contribution in [0.15, 0.2) is 47.1 Å². The minimum Gasteiger partial charge on any atom is -0.495 e. The van der Waals surface area contributed by atoms with Crippen LogP contribution in [-0.2, 0) is 5.41 Å². The summed E-state index contributed by atoms with van der Waals surface area (Å²) in [6.07, 6.45) is -1.31. The van der Waals surface area contributed by atoms with Gasteiger partial charge >= 0.3 is 6.09 Å². The first-order chi connectivity index (χ1) is 15.7. The van der Waals surface area contributed by atoms with E-state index < -0.39 is 29.3 Å². The van der Waals surface area contributed by atoms with Gasteiger partial charge in [-0.05, 0) is 59.1 Å². The Labute approximate surface area is 195 Å². The Morgan fingerprint density at radius 2 is 2.00 bits per heavy atom. The van der Waals surface area contributed by atoms with Crippen LogP contribution in [0.1, 0.15) is 18.5 Å². The summed E-state index contributed by atoms with van der Waals surface area (Å²) in [7, 11) is 1.41. The quantitative estimate of drug-likeness (QED) is 0.482. The molecule has 0 radical (unpaired) electrons.